The maximum absolute atomic E-state index is 13.2. The van der Waals surface area contributed by atoms with Crippen molar-refractivity contribution in [1.29, 1.82) is 0 Å². The standard InChI is InChI=1S/C20H23BrO5/c1-24-16-6-14(17(22)25-2)3-4-15(16)26-18(23)19-7-12-5-13(8-19)10-20(21,9-12)11-19/h3-4,6,12-13H,5,7-11H2,1-2H3. The molecule has 4 fully saturated rings. The number of esters is 2. The molecular formula is C20H23BrO5. The molecule has 6 heteroatoms. The lowest BCUT2D eigenvalue weighted by Gasteiger charge is -2.58. The van der Waals surface area contributed by atoms with Crippen molar-refractivity contribution < 1.29 is 23.8 Å². The molecule has 5 rings (SSSR count). The Bertz CT molecular complexity index is 745. The molecule has 4 bridgehead atoms. The topological polar surface area (TPSA) is 61.8 Å². The molecule has 5 nitrogen and oxygen atoms in total. The average molecular weight is 423 g/mol. The van der Waals surface area contributed by atoms with Crippen molar-refractivity contribution in [2.45, 2.75) is 42.8 Å². The van der Waals surface area contributed by atoms with E-state index in [-0.39, 0.29) is 10.3 Å². The Labute approximate surface area is 161 Å². The molecule has 4 aliphatic rings. The van der Waals surface area contributed by atoms with Gasteiger partial charge in [-0.3, -0.25) is 4.79 Å². The van der Waals surface area contributed by atoms with Gasteiger partial charge in [0.2, 0.25) is 0 Å². The Hall–Kier alpha value is -1.56. The highest BCUT2D eigenvalue weighted by Crippen LogP contribution is 2.64. The largest absolute Gasteiger partial charge is 0.493 e. The minimum atomic E-state index is -0.455. The first-order chi connectivity index (χ1) is 12.4. The zero-order valence-corrected chi connectivity index (χ0v) is 16.6. The molecule has 1 aromatic carbocycles. The van der Waals surface area contributed by atoms with E-state index in [0.29, 0.717) is 28.9 Å². The Kier molecular flexibility index (Phi) is 4.29. The third-order valence-corrected chi connectivity index (χ3v) is 7.14. The first-order valence-corrected chi connectivity index (χ1v) is 9.83. The Balaban J connectivity index is 1.58. The molecule has 140 valence electrons. The molecule has 4 aliphatic carbocycles. The molecule has 0 radical (unpaired) electrons. The van der Waals surface area contributed by atoms with Crippen LogP contribution in [0, 0.1) is 17.3 Å². The number of ether oxygens (including phenoxy) is 3. The number of carbonyl (C=O) groups is 2. The molecule has 0 heterocycles. The molecule has 0 aliphatic heterocycles. The summed E-state index contributed by atoms with van der Waals surface area (Å²) in [5, 5.41) is 0. The summed E-state index contributed by atoms with van der Waals surface area (Å²) in [6, 6.07) is 4.73. The number of hydrogen-bond donors (Lipinski definition) is 0. The van der Waals surface area contributed by atoms with Gasteiger partial charge >= 0.3 is 11.9 Å². The first kappa shape index (κ1) is 17.8. The minimum Gasteiger partial charge on any atom is -0.493 e. The van der Waals surface area contributed by atoms with Gasteiger partial charge in [0.1, 0.15) is 0 Å². The molecule has 1 aromatic rings. The second-order valence-electron chi connectivity index (χ2n) is 8.14. The Morgan fingerprint density at radius 2 is 1.77 bits per heavy atom. The van der Waals surface area contributed by atoms with Crippen LogP contribution in [-0.2, 0) is 9.53 Å². The highest BCUT2D eigenvalue weighted by Gasteiger charge is 2.60. The summed E-state index contributed by atoms with van der Waals surface area (Å²) in [4.78, 5) is 24.9. The lowest BCUT2D eigenvalue weighted by Crippen LogP contribution is -2.56. The van der Waals surface area contributed by atoms with Crippen molar-refractivity contribution in [2.24, 2.45) is 17.3 Å². The molecule has 0 amide bonds. The predicted molar refractivity (Wildman–Crippen MR) is 98.7 cm³/mol. The van der Waals surface area contributed by atoms with E-state index in [1.54, 1.807) is 18.2 Å². The van der Waals surface area contributed by atoms with Crippen LogP contribution in [0.3, 0.4) is 0 Å². The molecular weight excluding hydrogens is 400 g/mol. The summed E-state index contributed by atoms with van der Waals surface area (Å²) in [5.74, 6) is 1.30. The molecule has 2 unspecified atom stereocenters. The Morgan fingerprint density at radius 1 is 1.08 bits per heavy atom. The summed E-state index contributed by atoms with van der Waals surface area (Å²) >= 11 is 3.92. The van der Waals surface area contributed by atoms with E-state index < -0.39 is 11.4 Å². The maximum atomic E-state index is 13.2. The maximum Gasteiger partial charge on any atom is 0.337 e. The van der Waals surface area contributed by atoms with E-state index >= 15 is 0 Å². The fourth-order valence-electron chi connectivity index (χ4n) is 5.59. The van der Waals surface area contributed by atoms with Crippen LogP contribution < -0.4 is 9.47 Å². The van der Waals surface area contributed by atoms with Crippen molar-refractivity contribution in [3.05, 3.63) is 23.8 Å². The summed E-state index contributed by atoms with van der Waals surface area (Å²) in [6.07, 6.45) is 6.23. The van der Waals surface area contributed by atoms with Crippen LogP contribution in [0.2, 0.25) is 0 Å². The monoisotopic (exact) mass is 422 g/mol. The van der Waals surface area contributed by atoms with Crippen LogP contribution in [0.25, 0.3) is 0 Å². The first-order valence-electron chi connectivity index (χ1n) is 9.04. The van der Waals surface area contributed by atoms with Gasteiger partial charge in [0.05, 0.1) is 25.2 Å². The van der Waals surface area contributed by atoms with Gasteiger partial charge in [0.25, 0.3) is 0 Å². The fourth-order valence-corrected chi connectivity index (χ4v) is 7.05. The lowest BCUT2D eigenvalue weighted by molar-refractivity contribution is -0.159. The molecule has 0 saturated heterocycles. The van der Waals surface area contributed by atoms with Gasteiger partial charge in [-0.1, -0.05) is 15.9 Å². The number of methoxy groups -OCH3 is 2. The van der Waals surface area contributed by atoms with E-state index in [1.807, 2.05) is 0 Å². The Morgan fingerprint density at radius 3 is 2.35 bits per heavy atom. The normalized spacial score (nSPS) is 34.4. The van der Waals surface area contributed by atoms with Crippen LogP contribution in [0.1, 0.15) is 48.9 Å². The van der Waals surface area contributed by atoms with Gasteiger partial charge in [-0.05, 0) is 68.6 Å². The average Bonchev–Trinajstić information content (AvgIpc) is 2.59. The fraction of sp³-hybridized carbons (Fsp3) is 0.600. The van der Waals surface area contributed by atoms with Gasteiger partial charge in [-0.2, -0.15) is 0 Å². The van der Waals surface area contributed by atoms with Crippen molar-refractivity contribution in [1.82, 2.24) is 0 Å². The number of hydrogen-bond acceptors (Lipinski definition) is 5. The molecule has 0 spiro atoms. The van der Waals surface area contributed by atoms with E-state index in [1.165, 1.54) is 20.6 Å². The zero-order valence-electron chi connectivity index (χ0n) is 15.0. The number of halogens is 1. The predicted octanol–water partition coefficient (Wildman–Crippen LogP) is 4.12. The van der Waals surface area contributed by atoms with Gasteiger partial charge in [0.15, 0.2) is 11.5 Å². The van der Waals surface area contributed by atoms with Crippen LogP contribution in [0.15, 0.2) is 18.2 Å². The molecule has 0 N–H and O–H groups in total. The minimum absolute atomic E-state index is 0.0922. The van der Waals surface area contributed by atoms with E-state index in [4.69, 9.17) is 14.2 Å². The van der Waals surface area contributed by atoms with Crippen LogP contribution >= 0.6 is 15.9 Å². The molecule has 2 atom stereocenters. The van der Waals surface area contributed by atoms with Crippen molar-refractivity contribution in [2.75, 3.05) is 14.2 Å². The number of benzene rings is 1. The molecule has 0 aromatic heterocycles. The summed E-state index contributed by atoms with van der Waals surface area (Å²) in [7, 11) is 2.82. The van der Waals surface area contributed by atoms with E-state index in [9.17, 15) is 9.59 Å². The zero-order chi connectivity index (χ0) is 18.5. The number of rotatable bonds is 4. The van der Waals surface area contributed by atoms with Crippen molar-refractivity contribution >= 4 is 27.9 Å². The number of carbonyl (C=O) groups excluding carboxylic acids is 2. The van der Waals surface area contributed by atoms with Crippen molar-refractivity contribution in [3.8, 4) is 11.5 Å². The van der Waals surface area contributed by atoms with Gasteiger partial charge < -0.3 is 14.2 Å². The summed E-state index contributed by atoms with van der Waals surface area (Å²) < 4.78 is 15.9. The van der Waals surface area contributed by atoms with Crippen LogP contribution in [-0.4, -0.2) is 30.5 Å². The van der Waals surface area contributed by atoms with E-state index in [2.05, 4.69) is 15.9 Å². The SMILES string of the molecule is COC(=O)c1ccc(OC(=O)C23CC4CC(CC(Br)(C4)C2)C3)c(OC)c1. The molecule has 26 heavy (non-hydrogen) atoms. The van der Waals surface area contributed by atoms with Gasteiger partial charge in [-0.15, -0.1) is 0 Å². The third kappa shape index (κ3) is 2.92. The quantitative estimate of drug-likeness (QED) is 0.414. The van der Waals surface area contributed by atoms with Crippen LogP contribution in [0.5, 0.6) is 11.5 Å². The number of alkyl halides is 1. The molecule has 4 saturated carbocycles. The van der Waals surface area contributed by atoms with Crippen LogP contribution in [0.4, 0.5) is 0 Å². The summed E-state index contributed by atoms with van der Waals surface area (Å²) in [5.41, 5.74) is -0.0436. The lowest BCUT2D eigenvalue weighted by atomic mass is 9.49. The van der Waals surface area contributed by atoms with Crippen molar-refractivity contribution in [3.63, 3.8) is 0 Å². The highest BCUT2D eigenvalue weighted by molar-refractivity contribution is 9.10. The van der Waals surface area contributed by atoms with Gasteiger partial charge in [0, 0.05) is 4.32 Å². The smallest absolute Gasteiger partial charge is 0.337 e. The second kappa shape index (κ2) is 6.25. The van der Waals surface area contributed by atoms with E-state index in [0.717, 1.165) is 32.1 Å². The highest BCUT2D eigenvalue weighted by atomic mass is 79.9. The second-order valence-corrected chi connectivity index (χ2v) is 9.82. The summed E-state index contributed by atoms with van der Waals surface area (Å²) in [6.45, 7) is 0. The van der Waals surface area contributed by atoms with Gasteiger partial charge in [-0.25, -0.2) is 4.79 Å². The third-order valence-electron chi connectivity index (χ3n) is 6.21.